The normalized spacial score (nSPS) is 11.2. The fraction of sp³-hybridized carbons (Fsp3) is 0.143. The molecule has 2 aromatic rings. The van der Waals surface area contributed by atoms with E-state index in [9.17, 15) is 18.3 Å². The first-order valence-electron chi connectivity index (χ1n) is 5.91. The van der Waals surface area contributed by atoms with Gasteiger partial charge < -0.3 is 15.2 Å². The van der Waals surface area contributed by atoms with E-state index in [2.05, 4.69) is 26.0 Å². The summed E-state index contributed by atoms with van der Waals surface area (Å²) in [6.07, 6.45) is -4.70. The lowest BCUT2D eigenvalue weighted by molar-refractivity contribution is -0.274. The van der Waals surface area contributed by atoms with Crippen LogP contribution < -0.4 is 10.1 Å². The van der Waals surface area contributed by atoms with Crippen molar-refractivity contribution in [2.45, 2.75) is 12.9 Å². The number of ether oxygens (including phenoxy) is 1. The third-order valence-electron chi connectivity index (χ3n) is 2.64. The number of aromatic hydroxyl groups is 1. The van der Waals surface area contributed by atoms with Crippen molar-refractivity contribution in [2.75, 3.05) is 5.32 Å². The van der Waals surface area contributed by atoms with Crippen LogP contribution in [0.5, 0.6) is 11.5 Å². The highest BCUT2D eigenvalue weighted by molar-refractivity contribution is 9.10. The minimum absolute atomic E-state index is 0.127. The fourth-order valence-electron chi connectivity index (χ4n) is 1.67. The molecule has 2 aromatic carbocycles. The molecule has 2 rings (SSSR count). The molecule has 2 N–H and O–H groups in total. The largest absolute Gasteiger partial charge is 0.573 e. The molecule has 0 saturated heterocycles. The van der Waals surface area contributed by atoms with Crippen molar-refractivity contribution >= 4 is 21.6 Å². The van der Waals surface area contributed by atoms with E-state index in [0.29, 0.717) is 22.3 Å². The van der Waals surface area contributed by atoms with E-state index in [0.717, 1.165) is 0 Å². The van der Waals surface area contributed by atoms with Crippen LogP contribution >= 0.6 is 15.9 Å². The van der Waals surface area contributed by atoms with E-state index in [-0.39, 0.29) is 11.5 Å². The van der Waals surface area contributed by atoms with Gasteiger partial charge in [0.15, 0.2) is 0 Å². The van der Waals surface area contributed by atoms with Gasteiger partial charge in [0.05, 0.1) is 4.47 Å². The van der Waals surface area contributed by atoms with Crippen molar-refractivity contribution in [1.29, 1.82) is 0 Å². The number of phenols is 1. The third-order valence-corrected chi connectivity index (χ3v) is 3.28. The Morgan fingerprint density at radius 1 is 1.10 bits per heavy atom. The quantitative estimate of drug-likeness (QED) is 0.831. The Balaban J connectivity index is 1.99. The van der Waals surface area contributed by atoms with E-state index in [1.807, 2.05) is 0 Å². The molecule has 0 aromatic heterocycles. The molecule has 0 aliphatic heterocycles. The number of benzene rings is 2. The van der Waals surface area contributed by atoms with Gasteiger partial charge in [-0.25, -0.2) is 0 Å². The zero-order chi connectivity index (χ0) is 15.5. The molecule has 0 unspecified atom stereocenters. The van der Waals surface area contributed by atoms with Gasteiger partial charge in [-0.15, -0.1) is 13.2 Å². The average molecular weight is 362 g/mol. The number of para-hydroxylation sites is 1. The van der Waals surface area contributed by atoms with Crippen molar-refractivity contribution < 1.29 is 23.0 Å². The molecule has 112 valence electrons. The molecule has 0 aliphatic rings. The molecule has 3 nitrogen and oxygen atoms in total. The summed E-state index contributed by atoms with van der Waals surface area (Å²) in [5.41, 5.74) is 1.28. The Kier molecular flexibility index (Phi) is 4.62. The van der Waals surface area contributed by atoms with Gasteiger partial charge in [-0.2, -0.15) is 0 Å². The van der Waals surface area contributed by atoms with E-state index in [1.54, 1.807) is 18.2 Å². The molecule has 0 heterocycles. The maximum atomic E-state index is 12.0. The van der Waals surface area contributed by atoms with E-state index in [1.165, 1.54) is 24.3 Å². The lowest BCUT2D eigenvalue weighted by Crippen LogP contribution is -2.17. The topological polar surface area (TPSA) is 41.5 Å². The summed E-state index contributed by atoms with van der Waals surface area (Å²) in [5, 5.41) is 12.8. The second-order valence-corrected chi connectivity index (χ2v) is 5.03. The molecule has 0 spiro atoms. The molecule has 0 saturated carbocycles. The zero-order valence-electron chi connectivity index (χ0n) is 10.6. The number of rotatable bonds is 4. The van der Waals surface area contributed by atoms with Crippen LogP contribution in [-0.4, -0.2) is 11.5 Å². The first-order chi connectivity index (χ1) is 9.85. The Morgan fingerprint density at radius 3 is 2.38 bits per heavy atom. The molecule has 0 bridgehead atoms. The summed E-state index contributed by atoms with van der Waals surface area (Å²) in [5.74, 6) is -0.152. The lowest BCUT2D eigenvalue weighted by Gasteiger charge is -2.11. The van der Waals surface area contributed by atoms with Crippen LogP contribution in [-0.2, 0) is 6.54 Å². The summed E-state index contributed by atoms with van der Waals surface area (Å²) < 4.78 is 40.4. The van der Waals surface area contributed by atoms with Gasteiger partial charge in [-0.3, -0.25) is 0 Å². The number of hydrogen-bond acceptors (Lipinski definition) is 3. The molecule has 7 heteroatoms. The van der Waals surface area contributed by atoms with Crippen LogP contribution in [0.25, 0.3) is 0 Å². The first kappa shape index (κ1) is 15.5. The molecule has 0 radical (unpaired) electrons. The predicted molar refractivity (Wildman–Crippen MR) is 76.3 cm³/mol. The fourth-order valence-corrected chi connectivity index (χ4v) is 2.08. The zero-order valence-corrected chi connectivity index (χ0v) is 12.2. The molecular weight excluding hydrogens is 351 g/mol. The third kappa shape index (κ3) is 4.56. The van der Waals surface area contributed by atoms with Gasteiger partial charge in [0.1, 0.15) is 11.5 Å². The van der Waals surface area contributed by atoms with Gasteiger partial charge in [0.2, 0.25) is 0 Å². The summed E-state index contributed by atoms with van der Waals surface area (Å²) in [4.78, 5) is 0. The van der Waals surface area contributed by atoms with Crippen molar-refractivity contribution in [3.8, 4) is 11.5 Å². The van der Waals surface area contributed by atoms with Gasteiger partial charge >= 0.3 is 6.36 Å². The summed E-state index contributed by atoms with van der Waals surface area (Å²) in [7, 11) is 0. The SMILES string of the molecule is Oc1c(Br)cccc1CNc1ccc(OC(F)(F)F)cc1. The molecule has 0 amide bonds. The smallest absolute Gasteiger partial charge is 0.506 e. The molecule has 0 aliphatic carbocycles. The van der Waals surface area contributed by atoms with Crippen molar-refractivity contribution in [3.05, 3.63) is 52.5 Å². The van der Waals surface area contributed by atoms with E-state index in [4.69, 9.17) is 0 Å². The van der Waals surface area contributed by atoms with Crippen LogP contribution in [0.1, 0.15) is 5.56 Å². The number of nitrogens with one attached hydrogen (secondary N) is 1. The van der Waals surface area contributed by atoms with Crippen molar-refractivity contribution in [1.82, 2.24) is 0 Å². The van der Waals surface area contributed by atoms with Crippen LogP contribution in [0, 0.1) is 0 Å². The lowest BCUT2D eigenvalue weighted by atomic mass is 10.2. The molecular formula is C14H11BrF3NO2. The maximum absolute atomic E-state index is 12.0. The van der Waals surface area contributed by atoms with E-state index < -0.39 is 6.36 Å². The maximum Gasteiger partial charge on any atom is 0.573 e. The highest BCUT2D eigenvalue weighted by Crippen LogP contribution is 2.28. The second-order valence-electron chi connectivity index (χ2n) is 4.17. The number of hydrogen-bond donors (Lipinski definition) is 2. The molecule has 0 fully saturated rings. The monoisotopic (exact) mass is 361 g/mol. The number of alkyl halides is 3. The standard InChI is InChI=1S/C14H11BrF3NO2/c15-12-3-1-2-9(13(12)20)8-19-10-4-6-11(7-5-10)21-14(16,17)18/h1-7,19-20H,8H2. The highest BCUT2D eigenvalue weighted by Gasteiger charge is 2.30. The van der Waals surface area contributed by atoms with Crippen LogP contribution in [0.3, 0.4) is 0 Å². The van der Waals surface area contributed by atoms with Gasteiger partial charge in [0, 0.05) is 17.8 Å². The average Bonchev–Trinajstić information content (AvgIpc) is 2.40. The first-order valence-corrected chi connectivity index (χ1v) is 6.70. The Bertz CT molecular complexity index is 615. The summed E-state index contributed by atoms with van der Waals surface area (Å²) in [6, 6.07) is 10.6. The summed E-state index contributed by atoms with van der Waals surface area (Å²) >= 11 is 3.21. The van der Waals surface area contributed by atoms with Crippen LogP contribution in [0.15, 0.2) is 46.9 Å². The Labute approximate surface area is 127 Å². The van der Waals surface area contributed by atoms with E-state index >= 15 is 0 Å². The number of anilines is 1. The Hall–Kier alpha value is -1.89. The van der Waals surface area contributed by atoms with Crippen molar-refractivity contribution in [3.63, 3.8) is 0 Å². The summed E-state index contributed by atoms with van der Waals surface area (Å²) in [6.45, 7) is 0.338. The van der Waals surface area contributed by atoms with Gasteiger partial charge in [-0.05, 0) is 46.3 Å². The van der Waals surface area contributed by atoms with Crippen molar-refractivity contribution in [2.24, 2.45) is 0 Å². The van der Waals surface area contributed by atoms with Gasteiger partial charge in [0.25, 0.3) is 0 Å². The predicted octanol–water partition coefficient (Wildman–Crippen LogP) is 4.67. The number of phenolic OH excluding ortho intramolecular Hbond substituents is 1. The van der Waals surface area contributed by atoms with Crippen LogP contribution in [0.4, 0.5) is 18.9 Å². The van der Waals surface area contributed by atoms with Gasteiger partial charge in [-0.1, -0.05) is 12.1 Å². The highest BCUT2D eigenvalue weighted by atomic mass is 79.9. The Morgan fingerprint density at radius 2 is 1.76 bits per heavy atom. The minimum Gasteiger partial charge on any atom is -0.506 e. The van der Waals surface area contributed by atoms with Crippen LogP contribution in [0.2, 0.25) is 0 Å². The molecule has 0 atom stereocenters. The minimum atomic E-state index is -4.70. The second kappa shape index (κ2) is 6.26. The molecule has 21 heavy (non-hydrogen) atoms. The number of halogens is 4.